The summed E-state index contributed by atoms with van der Waals surface area (Å²) in [6.07, 6.45) is 2.72. The van der Waals surface area contributed by atoms with Crippen molar-refractivity contribution < 1.29 is 22.6 Å². The summed E-state index contributed by atoms with van der Waals surface area (Å²) in [5, 5.41) is 0. The van der Waals surface area contributed by atoms with E-state index in [9.17, 15) is 13.2 Å². The number of aromatic nitrogens is 3. The van der Waals surface area contributed by atoms with E-state index in [0.717, 1.165) is 45.0 Å². The monoisotopic (exact) mass is 480 g/mol. The zero-order valence-corrected chi connectivity index (χ0v) is 19.5. The van der Waals surface area contributed by atoms with E-state index in [1.54, 1.807) is 6.92 Å². The predicted molar refractivity (Wildman–Crippen MR) is 123 cm³/mol. The maximum Gasteiger partial charge on any atom is 0.387 e. The van der Waals surface area contributed by atoms with Gasteiger partial charge in [0.15, 0.2) is 11.6 Å². The van der Waals surface area contributed by atoms with E-state index in [1.807, 2.05) is 11.0 Å². The van der Waals surface area contributed by atoms with Gasteiger partial charge in [0, 0.05) is 43.5 Å². The van der Waals surface area contributed by atoms with Gasteiger partial charge in [0.2, 0.25) is 5.95 Å². The molecule has 0 radical (unpaired) electrons. The number of alkyl halides is 3. The highest BCUT2D eigenvalue weighted by Crippen LogP contribution is 2.33. The summed E-state index contributed by atoms with van der Waals surface area (Å²) in [4.78, 5) is 17.6. The fourth-order valence-corrected chi connectivity index (χ4v) is 4.22. The lowest BCUT2D eigenvalue weighted by molar-refractivity contribution is -0.0494. The fraction of sp³-hybridized carbons (Fsp3) is 0.609. The highest BCUT2D eigenvalue weighted by Gasteiger charge is 2.35. The molecular weight excluding hydrogens is 449 g/mol. The Kier molecular flexibility index (Phi) is 7.42. The van der Waals surface area contributed by atoms with Gasteiger partial charge in [0.05, 0.1) is 25.5 Å². The molecule has 0 amide bonds. The Morgan fingerprint density at radius 3 is 2.65 bits per heavy atom. The molecule has 0 aromatic carbocycles. The van der Waals surface area contributed by atoms with Crippen molar-refractivity contribution in [1.29, 1.82) is 0 Å². The van der Waals surface area contributed by atoms with Crippen molar-refractivity contribution in [2.75, 3.05) is 56.6 Å². The second kappa shape index (κ2) is 10.3. The Hall–Kier alpha value is -2.66. The number of nitrogen functional groups attached to an aromatic ring is 1. The van der Waals surface area contributed by atoms with E-state index in [4.69, 9.17) is 15.5 Å². The van der Waals surface area contributed by atoms with Gasteiger partial charge in [0.25, 0.3) is 0 Å². The molecule has 2 aromatic rings. The number of halogens is 3. The van der Waals surface area contributed by atoms with Crippen molar-refractivity contribution in [1.82, 2.24) is 19.9 Å². The second-order valence-electron chi connectivity index (χ2n) is 9.19. The molecule has 186 valence electrons. The highest BCUT2D eigenvalue weighted by molar-refractivity contribution is 5.65. The van der Waals surface area contributed by atoms with Gasteiger partial charge in [-0.3, -0.25) is 4.90 Å². The van der Waals surface area contributed by atoms with Gasteiger partial charge in [-0.05, 0) is 37.9 Å². The lowest BCUT2D eigenvalue weighted by atomic mass is 10.0. The van der Waals surface area contributed by atoms with Crippen LogP contribution in [0.5, 0.6) is 5.75 Å². The lowest BCUT2D eigenvalue weighted by Crippen LogP contribution is -2.37. The van der Waals surface area contributed by atoms with E-state index in [1.165, 1.54) is 12.3 Å². The van der Waals surface area contributed by atoms with Crippen molar-refractivity contribution in [2.24, 2.45) is 0 Å². The average molecular weight is 481 g/mol. The van der Waals surface area contributed by atoms with Crippen LogP contribution in [-0.2, 0) is 4.74 Å². The zero-order chi connectivity index (χ0) is 24.3. The third-order valence-electron chi connectivity index (χ3n) is 6.32. The van der Waals surface area contributed by atoms with E-state index in [0.29, 0.717) is 30.2 Å². The molecule has 8 nitrogen and oxygen atoms in total. The molecular formula is C23H31F3N6O2. The number of ether oxygens (including phenoxy) is 2. The quantitative estimate of drug-likeness (QED) is 0.614. The molecule has 2 unspecified atom stereocenters. The summed E-state index contributed by atoms with van der Waals surface area (Å²) in [5.74, 6) is 0.165. The highest BCUT2D eigenvalue weighted by atomic mass is 19.3. The van der Waals surface area contributed by atoms with E-state index in [-0.39, 0.29) is 24.0 Å². The maximum atomic E-state index is 14.6. The predicted octanol–water partition coefficient (Wildman–Crippen LogP) is 3.49. The smallest absolute Gasteiger partial charge is 0.387 e. The maximum absolute atomic E-state index is 14.6. The first kappa shape index (κ1) is 24.5. The normalized spacial score (nSPS) is 22.4. The molecule has 0 aliphatic carbocycles. The number of pyridine rings is 1. The van der Waals surface area contributed by atoms with Gasteiger partial charge < -0.3 is 20.1 Å². The van der Waals surface area contributed by atoms with Crippen molar-refractivity contribution in [3.8, 4) is 17.0 Å². The number of rotatable bonds is 8. The van der Waals surface area contributed by atoms with Crippen LogP contribution in [0.25, 0.3) is 11.3 Å². The van der Waals surface area contributed by atoms with E-state index >= 15 is 0 Å². The Morgan fingerprint density at radius 2 is 1.97 bits per heavy atom. The number of anilines is 2. The van der Waals surface area contributed by atoms with Crippen LogP contribution >= 0.6 is 0 Å². The topological polar surface area (TPSA) is 89.6 Å². The molecule has 2 aliphatic rings. The van der Waals surface area contributed by atoms with Crippen LogP contribution in [0.4, 0.5) is 24.9 Å². The molecule has 2 atom stereocenters. The van der Waals surface area contributed by atoms with Gasteiger partial charge >= 0.3 is 6.61 Å². The molecule has 0 saturated carbocycles. The Balaban J connectivity index is 1.63. The summed E-state index contributed by atoms with van der Waals surface area (Å²) in [6.45, 7) is 5.51. The number of hydrogen-bond acceptors (Lipinski definition) is 8. The summed E-state index contributed by atoms with van der Waals surface area (Å²) >= 11 is 0. The third-order valence-corrected chi connectivity index (χ3v) is 6.32. The van der Waals surface area contributed by atoms with Crippen molar-refractivity contribution in [3.05, 3.63) is 24.0 Å². The fourth-order valence-electron chi connectivity index (χ4n) is 4.22. The minimum Gasteiger partial charge on any atom is -0.431 e. The van der Waals surface area contributed by atoms with Gasteiger partial charge in [-0.25, -0.2) is 19.3 Å². The Bertz CT molecular complexity index is 987. The molecule has 0 bridgehead atoms. The van der Waals surface area contributed by atoms with Gasteiger partial charge in [-0.1, -0.05) is 6.92 Å². The van der Waals surface area contributed by atoms with Gasteiger partial charge in [-0.2, -0.15) is 8.78 Å². The second-order valence-corrected chi connectivity index (χ2v) is 9.19. The van der Waals surface area contributed by atoms with Crippen LogP contribution in [0, 0.1) is 0 Å². The number of nitrogens with zero attached hydrogens (tertiary/aromatic N) is 5. The van der Waals surface area contributed by atoms with Crippen LogP contribution < -0.4 is 15.4 Å². The summed E-state index contributed by atoms with van der Waals surface area (Å²) in [7, 11) is 0. The van der Waals surface area contributed by atoms with Crippen LogP contribution in [0.3, 0.4) is 0 Å². The number of hydrogen-bond donors (Lipinski definition) is 1. The van der Waals surface area contributed by atoms with Crippen molar-refractivity contribution in [3.63, 3.8) is 0 Å². The lowest BCUT2D eigenvalue weighted by Gasteiger charge is -2.27. The zero-order valence-electron chi connectivity index (χ0n) is 19.5. The first-order valence-electron chi connectivity index (χ1n) is 11.5. The van der Waals surface area contributed by atoms with Gasteiger partial charge in [0.1, 0.15) is 5.67 Å². The minimum atomic E-state index is -3.03. The van der Waals surface area contributed by atoms with Crippen LogP contribution in [0.1, 0.15) is 38.3 Å². The molecule has 2 aromatic heterocycles. The summed E-state index contributed by atoms with van der Waals surface area (Å²) in [6, 6.07) is 3.23. The first-order valence-corrected chi connectivity index (χ1v) is 11.5. The van der Waals surface area contributed by atoms with Crippen molar-refractivity contribution in [2.45, 2.75) is 44.9 Å². The molecule has 2 fully saturated rings. The largest absolute Gasteiger partial charge is 0.431 e. The molecule has 2 saturated heterocycles. The van der Waals surface area contributed by atoms with Crippen LogP contribution in [-0.4, -0.2) is 78.1 Å². The van der Waals surface area contributed by atoms with Gasteiger partial charge in [-0.15, -0.1) is 0 Å². The Labute approximate surface area is 197 Å². The molecule has 2 N–H and O–H groups in total. The third kappa shape index (κ3) is 6.06. The number of morpholine rings is 1. The molecule has 4 heterocycles. The van der Waals surface area contributed by atoms with Crippen LogP contribution in [0.2, 0.25) is 0 Å². The molecule has 11 heteroatoms. The molecule has 0 spiro atoms. The molecule has 2 aliphatic heterocycles. The van der Waals surface area contributed by atoms with Crippen molar-refractivity contribution >= 4 is 11.8 Å². The molecule has 34 heavy (non-hydrogen) atoms. The standard InChI is InChI=1S/C23H31F3N6O2/c1-15(3-5-31-7-9-33-10-8-31)17-12-18(16-11-19(34-21(24)25)20(27)28-13-16)30-22(29-17)32-6-4-23(2,26)14-32/h11-13,15,21H,3-10,14H2,1-2H3,(H2,27,28). The van der Waals surface area contributed by atoms with Crippen LogP contribution in [0.15, 0.2) is 18.3 Å². The van der Waals surface area contributed by atoms with E-state index < -0.39 is 12.3 Å². The number of nitrogens with two attached hydrogens (primary N) is 1. The summed E-state index contributed by atoms with van der Waals surface area (Å²) < 4.78 is 50.1. The van der Waals surface area contributed by atoms with E-state index in [2.05, 4.69) is 26.5 Å². The SMILES string of the molecule is CC(CCN1CCOCC1)c1cc(-c2cnc(N)c(OC(F)F)c2)nc(N2CCC(C)(F)C2)n1. The Morgan fingerprint density at radius 1 is 1.21 bits per heavy atom. The average Bonchev–Trinajstić information content (AvgIpc) is 3.18. The minimum absolute atomic E-state index is 0.0984. The molecule has 4 rings (SSSR count). The summed E-state index contributed by atoms with van der Waals surface area (Å²) in [5.41, 5.74) is 6.15. The first-order chi connectivity index (χ1) is 16.2.